The van der Waals surface area contributed by atoms with Crippen LogP contribution in [0.4, 0.5) is 20.2 Å². The molecular weight excluding hydrogens is 446 g/mol. The lowest BCUT2D eigenvalue weighted by Crippen LogP contribution is -1.89. The van der Waals surface area contributed by atoms with E-state index in [9.17, 15) is 19.3 Å². The van der Waals surface area contributed by atoms with Crippen molar-refractivity contribution in [2.24, 2.45) is 0 Å². The topological polar surface area (TPSA) is 69.4 Å². The van der Waals surface area contributed by atoms with Gasteiger partial charge in [-0.15, -0.1) is 0 Å². The molecule has 0 radical (unpaired) electrons. The summed E-state index contributed by atoms with van der Waals surface area (Å²) in [7, 11) is 0. The molecule has 0 saturated carbocycles. The van der Waals surface area contributed by atoms with Crippen molar-refractivity contribution >= 4 is 33.3 Å². The molecule has 5 aromatic rings. The lowest BCUT2D eigenvalue weighted by Gasteiger charge is -2.07. The summed E-state index contributed by atoms with van der Waals surface area (Å²) in [6.07, 6.45) is 0. The molecule has 0 N–H and O–H groups in total. The maximum Gasteiger partial charge on any atom is 0.224 e. The molecule has 162 valence electrons. The second-order valence-electron chi connectivity index (χ2n) is 7.68. The summed E-state index contributed by atoms with van der Waals surface area (Å²) < 4.78 is 35.8. The van der Waals surface area contributed by atoms with Gasteiger partial charge in [-0.1, -0.05) is 12.1 Å². The lowest BCUT2D eigenvalue weighted by atomic mass is 9.97. The summed E-state index contributed by atoms with van der Waals surface area (Å²) in [5, 5.41) is 19.8. The van der Waals surface area contributed by atoms with E-state index in [0.717, 1.165) is 0 Å². The van der Waals surface area contributed by atoms with Crippen LogP contribution in [0, 0.1) is 47.4 Å². The fourth-order valence-electron chi connectivity index (χ4n) is 4.04. The van der Waals surface area contributed by atoms with Crippen molar-refractivity contribution in [3.8, 4) is 34.4 Å². The average molecular weight is 456 g/mol. The van der Waals surface area contributed by atoms with Gasteiger partial charge in [0.05, 0.1) is 24.8 Å². The van der Waals surface area contributed by atoms with Crippen molar-refractivity contribution in [3.63, 3.8) is 0 Å². The smallest absolute Gasteiger partial charge is 0.224 e. The predicted octanol–water partition coefficient (Wildman–Crippen LogP) is 8.04. The van der Waals surface area contributed by atoms with Crippen molar-refractivity contribution in [1.29, 1.82) is 10.5 Å². The Kier molecular flexibility index (Phi) is 4.96. The first-order valence-electron chi connectivity index (χ1n) is 10.2. The van der Waals surface area contributed by atoms with Gasteiger partial charge in [0, 0.05) is 27.5 Å². The number of fused-ring (bicyclic) bond motifs is 3. The van der Waals surface area contributed by atoms with Gasteiger partial charge in [0.2, 0.25) is 5.69 Å². The first-order chi connectivity index (χ1) is 17.0. The van der Waals surface area contributed by atoms with Crippen LogP contribution in [0.15, 0.2) is 65.1 Å². The molecule has 5 nitrogen and oxygen atoms in total. The van der Waals surface area contributed by atoms with Gasteiger partial charge < -0.3 is 4.42 Å². The molecule has 0 aliphatic carbocycles. The van der Waals surface area contributed by atoms with E-state index >= 15 is 0 Å². The van der Waals surface area contributed by atoms with E-state index in [0.29, 0.717) is 33.1 Å². The summed E-state index contributed by atoms with van der Waals surface area (Å²) in [5.74, 6) is -1.45. The Balaban J connectivity index is 1.75. The minimum Gasteiger partial charge on any atom is -0.456 e. The summed E-state index contributed by atoms with van der Waals surface area (Å²) in [5.41, 5.74) is 1.95. The van der Waals surface area contributed by atoms with E-state index in [-0.39, 0.29) is 33.6 Å². The molecule has 7 heteroatoms. The first-order valence-corrected chi connectivity index (χ1v) is 10.2. The fraction of sp³-hybridized carbons (Fsp3) is 0. The molecule has 1 aromatic heterocycles. The fourth-order valence-corrected chi connectivity index (χ4v) is 4.04. The highest BCUT2D eigenvalue weighted by Crippen LogP contribution is 2.38. The van der Waals surface area contributed by atoms with Crippen molar-refractivity contribution in [1.82, 2.24) is 0 Å². The number of hydrogen-bond acceptors (Lipinski definition) is 3. The van der Waals surface area contributed by atoms with Crippen LogP contribution in [-0.2, 0) is 0 Å². The Morgan fingerprint density at radius 1 is 0.714 bits per heavy atom. The second kappa shape index (κ2) is 8.13. The zero-order chi connectivity index (χ0) is 24.7. The number of benzene rings is 4. The zero-order valence-corrected chi connectivity index (χ0v) is 17.7. The number of nitrogens with zero attached hydrogens (tertiary/aromatic N) is 4. The van der Waals surface area contributed by atoms with E-state index in [1.807, 2.05) is 6.07 Å². The minimum atomic E-state index is -0.728. The van der Waals surface area contributed by atoms with Gasteiger partial charge in [0.1, 0.15) is 28.9 Å². The van der Waals surface area contributed by atoms with E-state index in [4.69, 9.17) is 17.6 Å². The Labute approximate surface area is 197 Å². The monoisotopic (exact) mass is 456 g/mol. The summed E-state index contributed by atoms with van der Waals surface area (Å²) in [6.45, 7) is 14.5. The van der Waals surface area contributed by atoms with Crippen molar-refractivity contribution < 1.29 is 13.2 Å². The molecule has 0 amide bonds. The van der Waals surface area contributed by atoms with Crippen LogP contribution in [0.1, 0.15) is 11.1 Å². The molecule has 0 fully saturated rings. The van der Waals surface area contributed by atoms with Crippen LogP contribution in [0.25, 0.3) is 53.9 Å². The number of rotatable bonds is 2. The van der Waals surface area contributed by atoms with Crippen LogP contribution in [0.3, 0.4) is 0 Å². The molecule has 4 aromatic carbocycles. The maximum absolute atomic E-state index is 14.9. The molecule has 0 spiro atoms. The SMILES string of the molecule is [C-]#[N+]c1cc(C#N)c(F)c(-c2ccc3oc4ccc(-c5cc(C#N)cc([N+]#[C-])c5F)cc4c3c2)c1. The molecule has 0 aliphatic heterocycles. The van der Waals surface area contributed by atoms with Crippen LogP contribution < -0.4 is 0 Å². The maximum atomic E-state index is 14.9. The highest BCUT2D eigenvalue weighted by molar-refractivity contribution is 6.07. The van der Waals surface area contributed by atoms with Gasteiger partial charge in [-0.2, -0.15) is 10.5 Å². The number of hydrogen-bond donors (Lipinski definition) is 0. The average Bonchev–Trinajstić information content (AvgIpc) is 3.26. The molecule has 0 bridgehead atoms. The van der Waals surface area contributed by atoms with Crippen LogP contribution in [0.5, 0.6) is 0 Å². The minimum absolute atomic E-state index is 0.108. The molecular formula is C28H10F2N4O. The summed E-state index contributed by atoms with van der Waals surface area (Å²) >= 11 is 0. The van der Waals surface area contributed by atoms with E-state index in [1.54, 1.807) is 42.5 Å². The van der Waals surface area contributed by atoms with Crippen LogP contribution in [0.2, 0.25) is 0 Å². The molecule has 35 heavy (non-hydrogen) atoms. The third kappa shape index (κ3) is 3.42. The van der Waals surface area contributed by atoms with Gasteiger partial charge in [0.15, 0.2) is 5.69 Å². The van der Waals surface area contributed by atoms with Crippen molar-refractivity contribution in [2.45, 2.75) is 0 Å². The van der Waals surface area contributed by atoms with E-state index in [2.05, 4.69) is 9.69 Å². The Hall–Kier alpha value is -5.50. The predicted molar refractivity (Wildman–Crippen MR) is 126 cm³/mol. The van der Waals surface area contributed by atoms with Gasteiger partial charge in [-0.3, -0.25) is 0 Å². The third-order valence-electron chi connectivity index (χ3n) is 5.70. The normalized spacial score (nSPS) is 10.5. The summed E-state index contributed by atoms with van der Waals surface area (Å²) in [4.78, 5) is 6.50. The lowest BCUT2D eigenvalue weighted by molar-refractivity contribution is 0.627. The third-order valence-corrected chi connectivity index (χ3v) is 5.70. The molecule has 0 unspecified atom stereocenters. The Morgan fingerprint density at radius 2 is 1.34 bits per heavy atom. The second-order valence-corrected chi connectivity index (χ2v) is 7.68. The largest absolute Gasteiger partial charge is 0.456 e. The van der Waals surface area contributed by atoms with Gasteiger partial charge in [-0.25, -0.2) is 18.5 Å². The first kappa shape index (κ1) is 21.4. The standard InChI is InChI=1S/C28H10F2N4O/c1-33-19-9-18(14-32)27(29)21(12-19)17-4-6-26-23(11-17)22-10-16(3-5-25(22)35-26)20-7-15(13-31)8-24(34-2)28(20)30/h3-12H. The zero-order valence-electron chi connectivity index (χ0n) is 17.7. The van der Waals surface area contributed by atoms with E-state index in [1.165, 1.54) is 24.3 Å². The van der Waals surface area contributed by atoms with E-state index < -0.39 is 11.6 Å². The van der Waals surface area contributed by atoms with Crippen LogP contribution in [-0.4, -0.2) is 0 Å². The molecule has 0 saturated heterocycles. The van der Waals surface area contributed by atoms with Crippen molar-refractivity contribution in [3.05, 3.63) is 106 Å². The molecule has 0 aliphatic rings. The Morgan fingerprint density at radius 3 is 1.89 bits per heavy atom. The summed E-state index contributed by atoms with van der Waals surface area (Å²) in [6, 6.07) is 18.8. The highest BCUT2D eigenvalue weighted by Gasteiger charge is 2.17. The van der Waals surface area contributed by atoms with Crippen molar-refractivity contribution in [2.75, 3.05) is 0 Å². The molecule has 1 heterocycles. The Bertz CT molecular complexity index is 1740. The molecule has 5 rings (SSSR count). The van der Waals surface area contributed by atoms with Gasteiger partial charge in [0.25, 0.3) is 0 Å². The quantitative estimate of drug-likeness (QED) is 0.252. The number of furan rings is 1. The van der Waals surface area contributed by atoms with Gasteiger partial charge >= 0.3 is 0 Å². The highest BCUT2D eigenvalue weighted by atomic mass is 19.1. The van der Waals surface area contributed by atoms with Crippen LogP contribution >= 0.6 is 0 Å². The molecule has 0 atom stereocenters. The number of nitriles is 2. The van der Waals surface area contributed by atoms with Gasteiger partial charge in [-0.05, 0) is 59.7 Å². The number of halogens is 2.